The fourth-order valence-electron chi connectivity index (χ4n) is 1.41. The average Bonchev–Trinajstić information content (AvgIpc) is 2.32. The SMILES string of the molecule is O=C(O)c1ccccc1-c1nc(=S)[nH][nH]c1=O. The summed E-state index contributed by atoms with van der Waals surface area (Å²) in [6, 6.07) is 6.11. The Kier molecular flexibility index (Phi) is 2.84. The first-order valence-corrected chi connectivity index (χ1v) is 5.02. The summed E-state index contributed by atoms with van der Waals surface area (Å²) < 4.78 is 0.0831. The Morgan fingerprint density at radius 2 is 2.00 bits per heavy atom. The maximum atomic E-state index is 11.6. The number of carbonyl (C=O) groups is 1. The molecule has 0 atom stereocenters. The Labute approximate surface area is 100.0 Å². The zero-order valence-electron chi connectivity index (χ0n) is 8.43. The van der Waals surface area contributed by atoms with Crippen LogP contribution in [0.15, 0.2) is 29.1 Å². The van der Waals surface area contributed by atoms with Gasteiger partial charge in [0, 0.05) is 5.56 Å². The minimum absolute atomic E-state index is 0.00565. The topological polar surface area (TPSA) is 98.8 Å². The molecule has 0 amide bonds. The molecule has 1 heterocycles. The largest absolute Gasteiger partial charge is 0.478 e. The van der Waals surface area contributed by atoms with Gasteiger partial charge in [0.15, 0.2) is 0 Å². The zero-order valence-corrected chi connectivity index (χ0v) is 9.25. The van der Waals surface area contributed by atoms with Crippen molar-refractivity contribution in [3.8, 4) is 11.3 Å². The Hall–Kier alpha value is -2.28. The van der Waals surface area contributed by atoms with E-state index in [0.29, 0.717) is 0 Å². The number of hydrogen-bond donors (Lipinski definition) is 3. The van der Waals surface area contributed by atoms with E-state index in [1.807, 2.05) is 0 Å². The van der Waals surface area contributed by atoms with Gasteiger partial charge < -0.3 is 5.11 Å². The molecule has 0 saturated heterocycles. The molecule has 0 aliphatic carbocycles. The average molecular weight is 249 g/mol. The van der Waals surface area contributed by atoms with E-state index in [4.69, 9.17) is 17.3 Å². The zero-order chi connectivity index (χ0) is 12.4. The third kappa shape index (κ3) is 2.13. The van der Waals surface area contributed by atoms with Crippen molar-refractivity contribution in [3.05, 3.63) is 45.0 Å². The highest BCUT2D eigenvalue weighted by atomic mass is 32.1. The first-order chi connectivity index (χ1) is 8.09. The molecule has 2 aromatic rings. The molecule has 2 rings (SSSR count). The van der Waals surface area contributed by atoms with E-state index < -0.39 is 11.5 Å². The Balaban J connectivity index is 2.77. The molecular formula is C10H7N3O3S. The summed E-state index contributed by atoms with van der Waals surface area (Å²) in [4.78, 5) is 26.4. The molecule has 0 bridgehead atoms. The van der Waals surface area contributed by atoms with Crippen molar-refractivity contribution >= 4 is 18.2 Å². The summed E-state index contributed by atoms with van der Waals surface area (Å²) in [7, 11) is 0. The summed E-state index contributed by atoms with van der Waals surface area (Å²) in [5.41, 5.74) is -0.286. The fourth-order valence-corrected chi connectivity index (χ4v) is 1.55. The van der Waals surface area contributed by atoms with Gasteiger partial charge in [-0.25, -0.2) is 9.78 Å². The van der Waals surface area contributed by atoms with Crippen LogP contribution in [0.3, 0.4) is 0 Å². The van der Waals surface area contributed by atoms with E-state index in [2.05, 4.69) is 15.2 Å². The van der Waals surface area contributed by atoms with E-state index in [1.54, 1.807) is 12.1 Å². The fraction of sp³-hybridized carbons (Fsp3) is 0. The van der Waals surface area contributed by atoms with Gasteiger partial charge in [-0.3, -0.25) is 15.0 Å². The molecular weight excluding hydrogens is 242 g/mol. The normalized spacial score (nSPS) is 10.1. The maximum absolute atomic E-state index is 11.6. The molecule has 0 aliphatic heterocycles. The second-order valence-electron chi connectivity index (χ2n) is 3.20. The number of nitrogens with zero attached hydrogens (tertiary/aromatic N) is 1. The predicted octanol–water partition coefficient (Wildman–Crippen LogP) is 1.19. The lowest BCUT2D eigenvalue weighted by Crippen LogP contribution is -2.15. The van der Waals surface area contributed by atoms with E-state index in [1.165, 1.54) is 12.1 Å². The van der Waals surface area contributed by atoms with Gasteiger partial charge in [0.1, 0.15) is 5.69 Å². The van der Waals surface area contributed by atoms with Crippen molar-refractivity contribution < 1.29 is 9.90 Å². The molecule has 0 spiro atoms. The van der Waals surface area contributed by atoms with Gasteiger partial charge in [-0.1, -0.05) is 18.2 Å². The summed E-state index contributed by atoms with van der Waals surface area (Å²) >= 11 is 4.78. The predicted molar refractivity (Wildman–Crippen MR) is 62.4 cm³/mol. The number of aromatic amines is 2. The molecule has 1 aromatic carbocycles. The third-order valence-electron chi connectivity index (χ3n) is 2.12. The molecule has 86 valence electrons. The Morgan fingerprint density at radius 1 is 1.29 bits per heavy atom. The van der Waals surface area contributed by atoms with Crippen LogP contribution in [-0.4, -0.2) is 26.3 Å². The molecule has 6 nitrogen and oxygen atoms in total. The quantitative estimate of drug-likeness (QED) is 0.694. The molecule has 0 aliphatic rings. The van der Waals surface area contributed by atoms with Gasteiger partial charge in [-0.2, -0.15) is 0 Å². The van der Waals surface area contributed by atoms with Crippen molar-refractivity contribution in [2.75, 3.05) is 0 Å². The van der Waals surface area contributed by atoms with Crippen LogP contribution >= 0.6 is 12.2 Å². The van der Waals surface area contributed by atoms with Crippen molar-refractivity contribution in [1.82, 2.24) is 15.2 Å². The summed E-state index contributed by atoms with van der Waals surface area (Å²) in [6.07, 6.45) is 0. The Morgan fingerprint density at radius 3 is 2.71 bits per heavy atom. The van der Waals surface area contributed by atoms with Crippen molar-refractivity contribution in [3.63, 3.8) is 0 Å². The number of carboxylic acids is 1. The summed E-state index contributed by atoms with van der Waals surface area (Å²) in [5.74, 6) is -1.12. The molecule has 0 unspecified atom stereocenters. The maximum Gasteiger partial charge on any atom is 0.336 e. The highest BCUT2D eigenvalue weighted by molar-refractivity contribution is 7.71. The van der Waals surface area contributed by atoms with Crippen LogP contribution in [0.25, 0.3) is 11.3 Å². The standard InChI is InChI=1S/C10H7N3O3S/c14-8-7(11-10(17)13-12-8)5-3-1-2-4-6(5)9(15)16/h1-4H,(H,12,14)(H,15,16)(H,11,13,17). The van der Waals surface area contributed by atoms with Crippen LogP contribution in [0.4, 0.5) is 0 Å². The highest BCUT2D eigenvalue weighted by Crippen LogP contribution is 2.18. The molecule has 3 N–H and O–H groups in total. The lowest BCUT2D eigenvalue weighted by molar-refractivity contribution is 0.0697. The van der Waals surface area contributed by atoms with Crippen LogP contribution in [0.5, 0.6) is 0 Å². The number of aromatic nitrogens is 3. The smallest absolute Gasteiger partial charge is 0.336 e. The second-order valence-corrected chi connectivity index (χ2v) is 3.58. The van der Waals surface area contributed by atoms with Gasteiger partial charge in [0.25, 0.3) is 5.56 Å². The number of benzene rings is 1. The number of H-pyrrole nitrogens is 2. The molecule has 1 aromatic heterocycles. The van der Waals surface area contributed by atoms with Crippen molar-refractivity contribution in [1.29, 1.82) is 0 Å². The van der Waals surface area contributed by atoms with Crippen molar-refractivity contribution in [2.45, 2.75) is 0 Å². The Bertz CT molecular complexity index is 689. The van der Waals surface area contributed by atoms with Gasteiger partial charge in [-0.05, 0) is 18.3 Å². The van der Waals surface area contributed by atoms with Crippen LogP contribution in [0.2, 0.25) is 0 Å². The van der Waals surface area contributed by atoms with E-state index in [-0.39, 0.29) is 21.6 Å². The van der Waals surface area contributed by atoms with Gasteiger partial charge in [0.2, 0.25) is 4.77 Å². The van der Waals surface area contributed by atoms with Gasteiger partial charge >= 0.3 is 5.97 Å². The van der Waals surface area contributed by atoms with Crippen LogP contribution in [-0.2, 0) is 0 Å². The van der Waals surface area contributed by atoms with Crippen molar-refractivity contribution in [2.24, 2.45) is 0 Å². The van der Waals surface area contributed by atoms with Crippen LogP contribution in [0, 0.1) is 4.77 Å². The number of aromatic carboxylic acids is 1. The van der Waals surface area contributed by atoms with E-state index >= 15 is 0 Å². The molecule has 17 heavy (non-hydrogen) atoms. The summed E-state index contributed by atoms with van der Waals surface area (Å²) in [6.45, 7) is 0. The lowest BCUT2D eigenvalue weighted by Gasteiger charge is -2.03. The number of rotatable bonds is 2. The minimum atomic E-state index is -1.12. The first kappa shape index (κ1) is 11.2. The molecule has 7 heteroatoms. The number of carboxylic acid groups (broad SMARTS) is 1. The minimum Gasteiger partial charge on any atom is -0.478 e. The van der Waals surface area contributed by atoms with Crippen LogP contribution in [0.1, 0.15) is 10.4 Å². The van der Waals surface area contributed by atoms with Crippen LogP contribution < -0.4 is 5.56 Å². The summed E-state index contributed by atoms with van der Waals surface area (Å²) in [5, 5.41) is 13.7. The monoisotopic (exact) mass is 249 g/mol. The second kappa shape index (κ2) is 4.30. The molecule has 0 saturated carbocycles. The van der Waals surface area contributed by atoms with E-state index in [0.717, 1.165) is 0 Å². The third-order valence-corrected chi connectivity index (χ3v) is 2.32. The molecule has 0 fully saturated rings. The molecule has 0 radical (unpaired) electrons. The van der Waals surface area contributed by atoms with Gasteiger partial charge in [-0.15, -0.1) is 0 Å². The number of hydrogen-bond acceptors (Lipinski definition) is 4. The van der Waals surface area contributed by atoms with E-state index in [9.17, 15) is 9.59 Å². The van der Waals surface area contributed by atoms with Gasteiger partial charge in [0.05, 0.1) is 5.56 Å². The first-order valence-electron chi connectivity index (χ1n) is 4.61. The lowest BCUT2D eigenvalue weighted by atomic mass is 10.1. The number of nitrogens with one attached hydrogen (secondary N) is 2. The highest BCUT2D eigenvalue weighted by Gasteiger charge is 2.14.